The fraction of sp³-hybridized carbons (Fsp3) is 0.148. The summed E-state index contributed by atoms with van der Waals surface area (Å²) in [5.41, 5.74) is 6.58. The average molecular weight is 576 g/mol. The SMILES string of the molecule is COC(=O)[C@H](CNC(=O)c1ccc2c(cnn2Cc2cc(=O)[nH]c(N)n2)c1)NS(=O)(=O)c1cccc2ccccc12. The summed E-state index contributed by atoms with van der Waals surface area (Å²) in [5, 5.41) is 8.74. The predicted molar refractivity (Wildman–Crippen MR) is 151 cm³/mol. The summed E-state index contributed by atoms with van der Waals surface area (Å²) >= 11 is 0. The number of anilines is 1. The Hall–Kier alpha value is -5.08. The van der Waals surface area contributed by atoms with E-state index in [4.69, 9.17) is 10.5 Å². The maximum atomic E-state index is 13.2. The fourth-order valence-electron chi connectivity index (χ4n) is 4.41. The van der Waals surface area contributed by atoms with Gasteiger partial charge in [0.05, 0.1) is 36.0 Å². The van der Waals surface area contributed by atoms with Gasteiger partial charge in [0, 0.05) is 28.9 Å². The van der Waals surface area contributed by atoms with E-state index >= 15 is 0 Å². The van der Waals surface area contributed by atoms with Crippen molar-refractivity contribution in [1.29, 1.82) is 0 Å². The van der Waals surface area contributed by atoms with E-state index in [0.717, 1.165) is 12.5 Å². The Labute approximate surface area is 233 Å². The molecule has 2 heterocycles. The third-order valence-corrected chi connectivity index (χ3v) is 7.85. The molecule has 0 radical (unpaired) electrons. The van der Waals surface area contributed by atoms with Crippen molar-refractivity contribution in [3.8, 4) is 0 Å². The number of aromatic nitrogens is 4. The number of nitrogens with two attached hydrogens (primary N) is 1. The second kappa shape index (κ2) is 11.2. The number of H-pyrrole nitrogens is 1. The number of esters is 1. The number of sulfonamides is 1. The van der Waals surface area contributed by atoms with Crippen LogP contribution in [-0.4, -0.2) is 59.7 Å². The largest absolute Gasteiger partial charge is 0.468 e. The first kappa shape index (κ1) is 27.5. The zero-order chi connectivity index (χ0) is 29.1. The van der Waals surface area contributed by atoms with Crippen LogP contribution in [0.3, 0.4) is 0 Å². The number of methoxy groups -OCH3 is 1. The van der Waals surface area contributed by atoms with Crippen LogP contribution >= 0.6 is 0 Å². The molecule has 14 heteroatoms. The summed E-state index contributed by atoms with van der Waals surface area (Å²) in [5.74, 6) is -1.41. The summed E-state index contributed by atoms with van der Waals surface area (Å²) in [6, 6.07) is 16.6. The number of hydrogen-bond acceptors (Lipinski definition) is 9. The summed E-state index contributed by atoms with van der Waals surface area (Å²) < 4.78 is 35.2. The van der Waals surface area contributed by atoms with E-state index in [1.807, 2.05) is 0 Å². The Balaban J connectivity index is 1.31. The van der Waals surface area contributed by atoms with E-state index in [1.54, 1.807) is 65.5 Å². The van der Waals surface area contributed by atoms with Crippen LogP contribution in [0, 0.1) is 0 Å². The molecule has 5 aromatic rings. The number of aromatic amines is 1. The lowest BCUT2D eigenvalue weighted by Gasteiger charge is -2.18. The molecule has 0 aliphatic rings. The minimum absolute atomic E-state index is 0.00344. The summed E-state index contributed by atoms with van der Waals surface area (Å²) in [6.07, 6.45) is 1.55. The van der Waals surface area contributed by atoms with Crippen molar-refractivity contribution < 1.29 is 22.7 Å². The van der Waals surface area contributed by atoms with Crippen LogP contribution < -0.4 is 21.3 Å². The van der Waals surface area contributed by atoms with Gasteiger partial charge < -0.3 is 15.8 Å². The number of nitrogen functional groups attached to an aromatic ring is 1. The number of ether oxygens (including phenoxy) is 1. The predicted octanol–water partition coefficient (Wildman–Crippen LogP) is 1.15. The number of nitrogens with zero attached hydrogens (tertiary/aromatic N) is 3. The minimum atomic E-state index is -4.16. The zero-order valence-corrected chi connectivity index (χ0v) is 22.5. The summed E-state index contributed by atoms with van der Waals surface area (Å²) in [6.45, 7) is -0.177. The van der Waals surface area contributed by atoms with Gasteiger partial charge >= 0.3 is 5.97 Å². The molecule has 0 unspecified atom stereocenters. The number of carbonyl (C=O) groups is 2. The third kappa shape index (κ3) is 5.92. The highest BCUT2D eigenvalue weighted by atomic mass is 32.2. The molecule has 1 amide bonds. The molecule has 13 nitrogen and oxygen atoms in total. The fourth-order valence-corrected chi connectivity index (χ4v) is 5.82. The van der Waals surface area contributed by atoms with Gasteiger partial charge in [-0.15, -0.1) is 0 Å². The number of fused-ring (bicyclic) bond motifs is 2. The van der Waals surface area contributed by atoms with Crippen molar-refractivity contribution in [2.45, 2.75) is 17.5 Å². The molecule has 1 atom stereocenters. The van der Waals surface area contributed by atoms with Crippen LogP contribution in [0.1, 0.15) is 16.1 Å². The minimum Gasteiger partial charge on any atom is -0.468 e. The number of hydrogen-bond donors (Lipinski definition) is 4. The van der Waals surface area contributed by atoms with E-state index in [9.17, 15) is 22.8 Å². The third-order valence-electron chi connectivity index (χ3n) is 6.32. The molecule has 210 valence electrons. The quantitative estimate of drug-likeness (QED) is 0.187. The van der Waals surface area contributed by atoms with Crippen LogP contribution in [0.2, 0.25) is 0 Å². The number of amides is 1. The molecule has 3 aromatic carbocycles. The highest BCUT2D eigenvalue weighted by Gasteiger charge is 2.28. The monoisotopic (exact) mass is 575 g/mol. The van der Waals surface area contributed by atoms with Crippen molar-refractivity contribution in [3.63, 3.8) is 0 Å². The van der Waals surface area contributed by atoms with E-state index in [2.05, 4.69) is 25.1 Å². The van der Waals surface area contributed by atoms with Gasteiger partial charge in [-0.3, -0.25) is 24.0 Å². The molecule has 0 aliphatic heterocycles. The van der Waals surface area contributed by atoms with Gasteiger partial charge in [-0.1, -0.05) is 36.4 Å². The number of nitrogens with one attached hydrogen (secondary N) is 3. The normalized spacial score (nSPS) is 12.3. The zero-order valence-electron chi connectivity index (χ0n) is 21.7. The highest BCUT2D eigenvalue weighted by Crippen LogP contribution is 2.23. The van der Waals surface area contributed by atoms with Crippen LogP contribution in [0.15, 0.2) is 82.6 Å². The second-order valence-corrected chi connectivity index (χ2v) is 10.8. The van der Waals surface area contributed by atoms with Crippen molar-refractivity contribution in [3.05, 3.63) is 94.5 Å². The molecule has 5 N–H and O–H groups in total. The van der Waals surface area contributed by atoms with Crippen molar-refractivity contribution in [2.75, 3.05) is 19.4 Å². The van der Waals surface area contributed by atoms with Crippen LogP contribution in [-0.2, 0) is 26.1 Å². The first-order chi connectivity index (χ1) is 19.6. The molecule has 41 heavy (non-hydrogen) atoms. The maximum Gasteiger partial charge on any atom is 0.325 e. The average Bonchev–Trinajstić information content (AvgIpc) is 3.35. The Morgan fingerprint density at radius 2 is 1.85 bits per heavy atom. The molecule has 0 aliphatic carbocycles. The molecule has 0 saturated heterocycles. The van der Waals surface area contributed by atoms with Gasteiger partial charge in [0.25, 0.3) is 11.5 Å². The van der Waals surface area contributed by atoms with Crippen molar-refractivity contribution >= 4 is 49.5 Å². The Bertz CT molecular complexity index is 1950. The lowest BCUT2D eigenvalue weighted by molar-refractivity contribution is -0.142. The van der Waals surface area contributed by atoms with Crippen molar-refractivity contribution in [2.24, 2.45) is 0 Å². The lowest BCUT2D eigenvalue weighted by Crippen LogP contribution is -2.48. The molecule has 0 bridgehead atoms. The standard InChI is InChI=1S/C27H25N7O6S/c1-40-26(37)21(33-41(38,39)23-8-4-6-16-5-2-3-7-20(16)23)14-29-25(36)17-9-10-22-18(11-17)13-30-34(22)15-19-12-24(35)32-27(28)31-19/h2-13,21,33H,14-15H2,1H3,(H,29,36)(H3,28,31,32,35)/t21-/m0/s1. The smallest absolute Gasteiger partial charge is 0.325 e. The van der Waals surface area contributed by atoms with E-state index in [1.165, 1.54) is 12.1 Å². The topological polar surface area (TPSA) is 191 Å². The number of carbonyl (C=O) groups excluding carboxylic acids is 2. The first-order valence-electron chi connectivity index (χ1n) is 12.3. The van der Waals surface area contributed by atoms with Gasteiger partial charge in [0.2, 0.25) is 16.0 Å². The molecule has 2 aromatic heterocycles. The molecule has 0 spiro atoms. The lowest BCUT2D eigenvalue weighted by atomic mass is 10.1. The van der Waals surface area contributed by atoms with E-state index < -0.39 is 27.9 Å². The van der Waals surface area contributed by atoms with Crippen LogP contribution in [0.25, 0.3) is 21.7 Å². The highest BCUT2D eigenvalue weighted by molar-refractivity contribution is 7.89. The summed E-state index contributed by atoms with van der Waals surface area (Å²) in [7, 11) is -3.03. The second-order valence-electron chi connectivity index (χ2n) is 9.08. The van der Waals surface area contributed by atoms with Gasteiger partial charge in [-0.05, 0) is 29.7 Å². The Kier molecular flexibility index (Phi) is 7.50. The van der Waals surface area contributed by atoms with Gasteiger partial charge in [-0.2, -0.15) is 9.82 Å². The van der Waals surface area contributed by atoms with Gasteiger partial charge in [0.1, 0.15) is 6.04 Å². The maximum absolute atomic E-state index is 13.2. The van der Waals surface area contributed by atoms with E-state index in [-0.39, 0.29) is 35.1 Å². The number of benzene rings is 3. The van der Waals surface area contributed by atoms with Crippen LogP contribution in [0.5, 0.6) is 0 Å². The Morgan fingerprint density at radius 1 is 1.07 bits per heavy atom. The number of rotatable bonds is 9. The van der Waals surface area contributed by atoms with Gasteiger partial charge in [-0.25, -0.2) is 13.4 Å². The van der Waals surface area contributed by atoms with Crippen LogP contribution in [0.4, 0.5) is 5.95 Å². The summed E-state index contributed by atoms with van der Waals surface area (Å²) in [4.78, 5) is 43.6. The molecular formula is C27H25N7O6S. The first-order valence-corrected chi connectivity index (χ1v) is 13.8. The Morgan fingerprint density at radius 3 is 2.63 bits per heavy atom. The molecular weight excluding hydrogens is 550 g/mol. The van der Waals surface area contributed by atoms with Gasteiger partial charge in [0.15, 0.2) is 0 Å². The van der Waals surface area contributed by atoms with E-state index in [0.29, 0.717) is 22.0 Å². The molecule has 5 rings (SSSR count). The molecule has 0 fully saturated rings. The molecule has 0 saturated carbocycles. The van der Waals surface area contributed by atoms with Crippen molar-refractivity contribution in [1.82, 2.24) is 29.8 Å².